The van der Waals surface area contributed by atoms with Crippen LogP contribution in [0.5, 0.6) is 0 Å². The first-order chi connectivity index (χ1) is 29.0. The molecule has 0 saturated carbocycles. The van der Waals surface area contributed by atoms with Gasteiger partial charge in [-0.15, -0.1) is 0 Å². The molecule has 2 heteroatoms. The fraction of sp³-hybridized carbons (Fsp3) is 0.0526. The summed E-state index contributed by atoms with van der Waals surface area (Å²) in [5, 5.41) is 2.53. The van der Waals surface area contributed by atoms with Crippen molar-refractivity contribution in [3.05, 3.63) is 230 Å². The average molecular weight is 755 g/mol. The van der Waals surface area contributed by atoms with Crippen molar-refractivity contribution in [2.75, 3.05) is 4.90 Å². The third-order valence-electron chi connectivity index (χ3n) is 12.4. The summed E-state index contributed by atoms with van der Waals surface area (Å²) < 4.78 is 2.37. The molecule has 280 valence electrons. The predicted molar refractivity (Wildman–Crippen MR) is 249 cm³/mol. The summed E-state index contributed by atoms with van der Waals surface area (Å²) in [6.07, 6.45) is 0. The van der Waals surface area contributed by atoms with Gasteiger partial charge in [0.1, 0.15) is 0 Å². The monoisotopic (exact) mass is 754 g/mol. The molecule has 0 amide bonds. The van der Waals surface area contributed by atoms with Crippen LogP contribution in [-0.4, -0.2) is 4.57 Å². The van der Waals surface area contributed by atoms with E-state index in [9.17, 15) is 0 Å². The standard InChI is InChI=1S/C57H42N2/c1-57(2)53-37-44(39-14-6-3-7-15-39)28-33-49(53)50-34-32-48(38-54(50)57)58(45-16-8-4-9-17-45)47-30-26-41(27-31-47)40-22-24-42(25-23-40)43-29-35-56-52(36-43)51-20-12-13-21-55(51)59(56)46-18-10-5-11-19-46/h3-38H,1-2H3. The number of anilines is 3. The number of fused-ring (bicyclic) bond motifs is 6. The molecule has 0 aliphatic heterocycles. The molecule has 0 spiro atoms. The first-order valence-electron chi connectivity index (χ1n) is 20.5. The second kappa shape index (κ2) is 13.9. The Hall–Kier alpha value is -7.42. The van der Waals surface area contributed by atoms with Gasteiger partial charge in [0.05, 0.1) is 11.0 Å². The zero-order valence-electron chi connectivity index (χ0n) is 33.2. The van der Waals surface area contributed by atoms with Crippen molar-refractivity contribution in [3.63, 3.8) is 0 Å². The Balaban J connectivity index is 0.905. The third-order valence-corrected chi connectivity index (χ3v) is 12.4. The van der Waals surface area contributed by atoms with Crippen LogP contribution >= 0.6 is 0 Å². The Morgan fingerprint density at radius 3 is 1.51 bits per heavy atom. The number of hydrogen-bond donors (Lipinski definition) is 0. The van der Waals surface area contributed by atoms with Crippen LogP contribution in [-0.2, 0) is 5.41 Å². The number of para-hydroxylation sites is 3. The summed E-state index contributed by atoms with van der Waals surface area (Å²) in [7, 11) is 0. The van der Waals surface area contributed by atoms with Crippen LogP contribution in [0.2, 0.25) is 0 Å². The Kier molecular flexibility index (Phi) is 8.20. The lowest BCUT2D eigenvalue weighted by atomic mass is 9.81. The minimum atomic E-state index is -0.142. The third kappa shape index (κ3) is 5.87. The van der Waals surface area contributed by atoms with Gasteiger partial charge in [-0.05, 0) is 128 Å². The van der Waals surface area contributed by atoms with Crippen LogP contribution in [0.15, 0.2) is 218 Å². The van der Waals surface area contributed by atoms with Gasteiger partial charge in [0, 0.05) is 38.9 Å². The first-order valence-corrected chi connectivity index (χ1v) is 20.5. The van der Waals surface area contributed by atoms with E-state index >= 15 is 0 Å². The zero-order valence-corrected chi connectivity index (χ0v) is 33.2. The Morgan fingerprint density at radius 1 is 0.339 bits per heavy atom. The number of rotatable bonds is 7. The zero-order chi connectivity index (χ0) is 39.5. The maximum absolute atomic E-state index is 2.41. The second-order valence-electron chi connectivity index (χ2n) is 16.2. The molecule has 0 N–H and O–H groups in total. The number of hydrogen-bond acceptors (Lipinski definition) is 1. The predicted octanol–water partition coefficient (Wildman–Crippen LogP) is 15.6. The van der Waals surface area contributed by atoms with Gasteiger partial charge in [-0.2, -0.15) is 0 Å². The maximum Gasteiger partial charge on any atom is 0.0541 e. The maximum atomic E-state index is 2.41. The highest BCUT2D eigenvalue weighted by Gasteiger charge is 2.36. The van der Waals surface area contributed by atoms with Crippen LogP contribution in [0.25, 0.3) is 72.0 Å². The summed E-state index contributed by atoms with van der Waals surface area (Å²) >= 11 is 0. The lowest BCUT2D eigenvalue weighted by molar-refractivity contribution is 0.660. The minimum absolute atomic E-state index is 0.142. The van der Waals surface area contributed by atoms with Crippen molar-refractivity contribution in [3.8, 4) is 50.2 Å². The van der Waals surface area contributed by atoms with Gasteiger partial charge < -0.3 is 9.47 Å². The van der Waals surface area contributed by atoms with E-state index in [4.69, 9.17) is 0 Å². The molecule has 11 rings (SSSR count). The Labute approximate surface area is 345 Å². The number of benzene rings is 9. The van der Waals surface area contributed by atoms with Gasteiger partial charge in [0.25, 0.3) is 0 Å². The molecule has 0 fully saturated rings. The van der Waals surface area contributed by atoms with Crippen molar-refractivity contribution in [1.82, 2.24) is 4.57 Å². The van der Waals surface area contributed by atoms with Crippen LogP contribution < -0.4 is 4.90 Å². The molecule has 0 saturated heterocycles. The highest BCUT2D eigenvalue weighted by atomic mass is 15.1. The van der Waals surface area contributed by atoms with Crippen molar-refractivity contribution >= 4 is 38.9 Å². The molecule has 2 nitrogen and oxygen atoms in total. The van der Waals surface area contributed by atoms with E-state index in [1.54, 1.807) is 0 Å². The SMILES string of the molecule is CC1(C)c2cc(-c3ccccc3)ccc2-c2ccc(N(c3ccccc3)c3ccc(-c4ccc(-c5ccc6c(c5)c5ccccc5n6-c5ccccc5)cc4)cc3)cc21. The summed E-state index contributed by atoms with van der Waals surface area (Å²) in [5.74, 6) is 0. The molecule has 1 heterocycles. The largest absolute Gasteiger partial charge is 0.310 e. The van der Waals surface area contributed by atoms with Crippen LogP contribution in [0, 0.1) is 0 Å². The van der Waals surface area contributed by atoms with E-state index in [1.807, 2.05) is 0 Å². The molecule has 0 radical (unpaired) electrons. The number of aromatic nitrogens is 1. The van der Waals surface area contributed by atoms with Crippen molar-refractivity contribution < 1.29 is 0 Å². The molecule has 10 aromatic rings. The van der Waals surface area contributed by atoms with E-state index in [1.165, 1.54) is 83.1 Å². The van der Waals surface area contributed by atoms with Gasteiger partial charge in [-0.1, -0.05) is 159 Å². The Bertz CT molecular complexity index is 3140. The molecule has 9 aromatic carbocycles. The molecular weight excluding hydrogens is 713 g/mol. The summed E-state index contributed by atoms with van der Waals surface area (Å²) in [6.45, 7) is 4.73. The highest BCUT2D eigenvalue weighted by molar-refractivity contribution is 6.10. The summed E-state index contributed by atoms with van der Waals surface area (Å²) in [6, 6.07) is 79.7. The van der Waals surface area contributed by atoms with Crippen LogP contribution in [0.1, 0.15) is 25.0 Å². The molecule has 1 aliphatic carbocycles. The minimum Gasteiger partial charge on any atom is -0.310 e. The molecule has 59 heavy (non-hydrogen) atoms. The summed E-state index contributed by atoms with van der Waals surface area (Å²) in [5.41, 5.74) is 19.6. The molecule has 1 aliphatic rings. The lowest BCUT2D eigenvalue weighted by Gasteiger charge is -2.28. The topological polar surface area (TPSA) is 8.17 Å². The van der Waals surface area contributed by atoms with Crippen molar-refractivity contribution in [2.24, 2.45) is 0 Å². The van der Waals surface area contributed by atoms with Gasteiger partial charge in [-0.3, -0.25) is 0 Å². The normalized spacial score (nSPS) is 12.7. The van der Waals surface area contributed by atoms with Crippen molar-refractivity contribution in [1.29, 1.82) is 0 Å². The van der Waals surface area contributed by atoms with Crippen LogP contribution in [0.3, 0.4) is 0 Å². The van der Waals surface area contributed by atoms with E-state index in [0.29, 0.717) is 0 Å². The Morgan fingerprint density at radius 2 is 0.797 bits per heavy atom. The van der Waals surface area contributed by atoms with Crippen molar-refractivity contribution in [2.45, 2.75) is 19.3 Å². The van der Waals surface area contributed by atoms with E-state index < -0.39 is 0 Å². The van der Waals surface area contributed by atoms with Gasteiger partial charge in [0.15, 0.2) is 0 Å². The van der Waals surface area contributed by atoms with E-state index in [0.717, 1.165) is 17.1 Å². The van der Waals surface area contributed by atoms with E-state index in [2.05, 4.69) is 242 Å². The molecule has 0 atom stereocenters. The van der Waals surface area contributed by atoms with Gasteiger partial charge in [-0.25, -0.2) is 0 Å². The highest BCUT2D eigenvalue weighted by Crippen LogP contribution is 2.51. The molecule has 0 unspecified atom stereocenters. The fourth-order valence-electron chi connectivity index (χ4n) is 9.36. The quantitative estimate of drug-likeness (QED) is 0.157. The molecule has 0 bridgehead atoms. The second-order valence-corrected chi connectivity index (χ2v) is 16.2. The van der Waals surface area contributed by atoms with Gasteiger partial charge >= 0.3 is 0 Å². The lowest BCUT2D eigenvalue weighted by Crippen LogP contribution is -2.16. The van der Waals surface area contributed by atoms with Gasteiger partial charge in [0.2, 0.25) is 0 Å². The summed E-state index contributed by atoms with van der Waals surface area (Å²) in [4.78, 5) is 2.38. The average Bonchev–Trinajstić information content (AvgIpc) is 3.75. The van der Waals surface area contributed by atoms with E-state index in [-0.39, 0.29) is 5.41 Å². The first kappa shape index (κ1) is 34.8. The molecule has 1 aromatic heterocycles. The smallest absolute Gasteiger partial charge is 0.0541 e. The molecular formula is C57H42N2. The number of nitrogens with zero attached hydrogens (tertiary/aromatic N) is 2. The fourth-order valence-corrected chi connectivity index (χ4v) is 9.36. The van der Waals surface area contributed by atoms with Crippen LogP contribution in [0.4, 0.5) is 17.1 Å².